The van der Waals surface area contributed by atoms with Gasteiger partial charge in [-0.2, -0.15) is 0 Å². The molecule has 9 nitrogen and oxygen atoms in total. The number of carbonyl (C=O) groups excluding carboxylic acids is 1. The lowest BCUT2D eigenvalue weighted by Gasteiger charge is -2.16. The highest BCUT2D eigenvalue weighted by atomic mass is 32.2. The van der Waals surface area contributed by atoms with Crippen LogP contribution in [0, 0.1) is 10.1 Å². The highest BCUT2D eigenvalue weighted by molar-refractivity contribution is 7.99. The Bertz CT molecular complexity index is 938. The summed E-state index contributed by atoms with van der Waals surface area (Å²) < 4.78 is 6.88. The molecule has 0 aliphatic carbocycles. The average molecular weight is 373 g/mol. The molecule has 0 N–H and O–H groups in total. The smallest absolute Gasteiger partial charge is 0.284 e. The summed E-state index contributed by atoms with van der Waals surface area (Å²) >= 11 is 1.12. The zero-order valence-corrected chi connectivity index (χ0v) is 14.8. The number of hydrogen-bond acceptors (Lipinski definition) is 7. The minimum absolute atomic E-state index is 0.157. The van der Waals surface area contributed by atoms with E-state index in [4.69, 9.17) is 4.42 Å². The summed E-state index contributed by atoms with van der Waals surface area (Å²) in [5.41, 5.74) is 0.0725. The van der Waals surface area contributed by atoms with Crippen LogP contribution in [-0.4, -0.2) is 37.5 Å². The van der Waals surface area contributed by atoms with Gasteiger partial charge < -0.3 is 13.9 Å². The van der Waals surface area contributed by atoms with E-state index in [9.17, 15) is 14.9 Å². The molecule has 26 heavy (non-hydrogen) atoms. The maximum Gasteiger partial charge on any atom is 0.284 e. The van der Waals surface area contributed by atoms with Crippen LogP contribution in [0.25, 0.3) is 0 Å². The van der Waals surface area contributed by atoms with Crippen LogP contribution < -0.4 is 0 Å². The predicted molar refractivity (Wildman–Crippen MR) is 92.7 cm³/mol. The molecule has 2 aromatic heterocycles. The van der Waals surface area contributed by atoms with Crippen LogP contribution in [0.4, 0.5) is 5.69 Å². The molecule has 134 valence electrons. The van der Waals surface area contributed by atoms with E-state index in [-0.39, 0.29) is 23.7 Å². The molecular formula is C16H15N5O4S. The summed E-state index contributed by atoms with van der Waals surface area (Å²) in [5, 5.41) is 19.6. The van der Waals surface area contributed by atoms with Crippen molar-refractivity contribution in [3.63, 3.8) is 0 Å². The lowest BCUT2D eigenvalue weighted by Crippen LogP contribution is -2.26. The monoisotopic (exact) mass is 373 g/mol. The number of nitro benzene ring substituents is 1. The lowest BCUT2D eigenvalue weighted by atomic mass is 10.1. The van der Waals surface area contributed by atoms with Crippen molar-refractivity contribution in [2.24, 2.45) is 7.05 Å². The molecule has 3 rings (SSSR count). The Morgan fingerprint density at radius 2 is 2.23 bits per heavy atom. The molecule has 0 saturated carbocycles. The van der Waals surface area contributed by atoms with E-state index in [1.165, 1.54) is 23.6 Å². The third-order valence-electron chi connectivity index (χ3n) is 3.59. The standard InChI is InChI=1S/C16H15N5O4S/c1-19(9-12-4-3-7-25-12)15(22)11-5-6-14(13(8-11)21(23)24)26-16-18-17-10-20(16)2/h3-8,10H,9H2,1-2H3. The number of aromatic nitrogens is 3. The van der Waals surface area contributed by atoms with Gasteiger partial charge in [-0.25, -0.2) is 0 Å². The molecule has 0 aliphatic rings. The van der Waals surface area contributed by atoms with Gasteiger partial charge in [-0.3, -0.25) is 14.9 Å². The molecule has 10 heteroatoms. The van der Waals surface area contributed by atoms with E-state index >= 15 is 0 Å². The molecule has 0 saturated heterocycles. The van der Waals surface area contributed by atoms with Crippen LogP contribution in [0.5, 0.6) is 0 Å². The van der Waals surface area contributed by atoms with Crippen molar-refractivity contribution >= 4 is 23.4 Å². The molecule has 0 bridgehead atoms. The third kappa shape index (κ3) is 3.75. The lowest BCUT2D eigenvalue weighted by molar-refractivity contribution is -0.387. The summed E-state index contributed by atoms with van der Waals surface area (Å²) in [6.45, 7) is 0.273. The third-order valence-corrected chi connectivity index (χ3v) is 4.71. The first-order valence-electron chi connectivity index (χ1n) is 7.54. The van der Waals surface area contributed by atoms with Crippen LogP contribution in [0.2, 0.25) is 0 Å². The number of furan rings is 1. The number of amides is 1. The first-order valence-corrected chi connectivity index (χ1v) is 8.35. The zero-order valence-electron chi connectivity index (χ0n) is 14.0. The Kier molecular flexibility index (Phi) is 5.03. The van der Waals surface area contributed by atoms with Crippen LogP contribution >= 0.6 is 11.8 Å². The van der Waals surface area contributed by atoms with Crippen molar-refractivity contribution in [1.29, 1.82) is 0 Å². The first kappa shape index (κ1) is 17.7. The second-order valence-electron chi connectivity index (χ2n) is 5.51. The van der Waals surface area contributed by atoms with Crippen LogP contribution in [0.1, 0.15) is 16.1 Å². The molecule has 0 fully saturated rings. The minimum atomic E-state index is -0.512. The van der Waals surface area contributed by atoms with E-state index in [1.54, 1.807) is 42.9 Å². The molecule has 1 aromatic carbocycles. The number of nitro groups is 1. The number of carbonyl (C=O) groups is 1. The molecule has 0 aliphatic heterocycles. The predicted octanol–water partition coefficient (Wildman–Crippen LogP) is 2.74. The fourth-order valence-corrected chi connectivity index (χ4v) is 3.12. The van der Waals surface area contributed by atoms with Gasteiger partial charge in [-0.15, -0.1) is 10.2 Å². The van der Waals surface area contributed by atoms with Crippen molar-refractivity contribution in [2.45, 2.75) is 16.6 Å². The van der Waals surface area contributed by atoms with Gasteiger partial charge in [0, 0.05) is 25.7 Å². The normalized spacial score (nSPS) is 10.7. The second kappa shape index (κ2) is 7.40. The SMILES string of the molecule is CN(Cc1ccco1)C(=O)c1ccc(Sc2nncn2C)c([N+](=O)[O-])c1. The molecule has 2 heterocycles. The minimum Gasteiger partial charge on any atom is -0.467 e. The fourth-order valence-electron chi connectivity index (χ4n) is 2.27. The van der Waals surface area contributed by atoms with E-state index in [0.29, 0.717) is 15.8 Å². The van der Waals surface area contributed by atoms with E-state index in [0.717, 1.165) is 11.8 Å². The molecule has 0 radical (unpaired) electrons. The highest BCUT2D eigenvalue weighted by Gasteiger charge is 2.21. The Hall–Kier alpha value is -3.14. The Morgan fingerprint density at radius 1 is 1.42 bits per heavy atom. The van der Waals surface area contributed by atoms with E-state index in [2.05, 4.69) is 10.2 Å². The second-order valence-corrected chi connectivity index (χ2v) is 6.52. The molecule has 3 aromatic rings. The highest BCUT2D eigenvalue weighted by Crippen LogP contribution is 2.34. The van der Waals surface area contributed by atoms with Gasteiger partial charge in [0.1, 0.15) is 12.1 Å². The van der Waals surface area contributed by atoms with Crippen molar-refractivity contribution < 1.29 is 14.1 Å². The summed E-state index contributed by atoms with van der Waals surface area (Å²) in [6.07, 6.45) is 3.03. The van der Waals surface area contributed by atoms with Crippen LogP contribution in [0.15, 0.2) is 57.4 Å². The van der Waals surface area contributed by atoms with Gasteiger partial charge in [0.2, 0.25) is 0 Å². The summed E-state index contributed by atoms with van der Waals surface area (Å²) in [6, 6.07) is 7.88. The number of hydrogen-bond donors (Lipinski definition) is 0. The zero-order chi connectivity index (χ0) is 18.7. The number of nitrogens with zero attached hydrogens (tertiary/aromatic N) is 5. The average Bonchev–Trinajstić information content (AvgIpc) is 3.26. The molecule has 1 amide bonds. The number of benzene rings is 1. The number of rotatable bonds is 6. The summed E-state index contributed by atoms with van der Waals surface area (Å²) in [7, 11) is 3.36. The Labute approximate surface area is 152 Å². The van der Waals surface area contributed by atoms with Crippen molar-refractivity contribution in [1.82, 2.24) is 19.7 Å². The van der Waals surface area contributed by atoms with Crippen LogP contribution in [0.3, 0.4) is 0 Å². The first-order chi connectivity index (χ1) is 12.5. The fraction of sp³-hybridized carbons (Fsp3) is 0.188. The molecule has 0 unspecified atom stereocenters. The maximum atomic E-state index is 12.6. The molecule has 0 atom stereocenters. The van der Waals surface area contributed by atoms with Crippen molar-refractivity contribution in [3.05, 3.63) is 64.4 Å². The Balaban J connectivity index is 1.84. The van der Waals surface area contributed by atoms with Gasteiger partial charge in [0.25, 0.3) is 11.6 Å². The largest absolute Gasteiger partial charge is 0.467 e. The quantitative estimate of drug-likeness (QED) is 0.483. The van der Waals surface area contributed by atoms with Gasteiger partial charge in [-0.1, -0.05) is 0 Å². The summed E-state index contributed by atoms with van der Waals surface area (Å²) in [4.78, 5) is 25.3. The molecular weight excluding hydrogens is 358 g/mol. The summed E-state index contributed by atoms with van der Waals surface area (Å²) in [5.74, 6) is 0.296. The van der Waals surface area contributed by atoms with Gasteiger partial charge in [0.15, 0.2) is 5.16 Å². The van der Waals surface area contributed by atoms with Gasteiger partial charge in [-0.05, 0) is 36.0 Å². The van der Waals surface area contributed by atoms with Gasteiger partial charge >= 0.3 is 0 Å². The van der Waals surface area contributed by atoms with Gasteiger partial charge in [0.05, 0.1) is 22.6 Å². The van der Waals surface area contributed by atoms with Crippen molar-refractivity contribution in [3.8, 4) is 0 Å². The van der Waals surface area contributed by atoms with E-state index < -0.39 is 4.92 Å². The topological polar surface area (TPSA) is 107 Å². The van der Waals surface area contributed by atoms with Crippen LogP contribution in [-0.2, 0) is 13.6 Å². The number of aryl methyl sites for hydroxylation is 1. The molecule has 0 spiro atoms. The maximum absolute atomic E-state index is 12.6. The van der Waals surface area contributed by atoms with Crippen molar-refractivity contribution in [2.75, 3.05) is 7.05 Å². The van der Waals surface area contributed by atoms with E-state index in [1.807, 2.05) is 0 Å². The Morgan fingerprint density at radius 3 is 2.85 bits per heavy atom.